The Kier molecular flexibility index (Phi) is 6.40. The molecule has 0 saturated carbocycles. The molecule has 0 aromatic heterocycles. The number of nitrogens with one attached hydrogen (secondary N) is 1. The van der Waals surface area contributed by atoms with Crippen molar-refractivity contribution in [1.82, 2.24) is 10.2 Å². The highest BCUT2D eigenvalue weighted by Gasteiger charge is 2.12. The van der Waals surface area contributed by atoms with E-state index in [0.717, 1.165) is 44.7 Å². The molecule has 0 aliphatic carbocycles. The summed E-state index contributed by atoms with van der Waals surface area (Å²) in [6, 6.07) is 8.20. The second-order valence-electron chi connectivity index (χ2n) is 6.05. The molecule has 1 fully saturated rings. The number of rotatable bonds is 6. The predicted octanol–water partition coefficient (Wildman–Crippen LogP) is 3.07. The van der Waals surface area contributed by atoms with E-state index in [1.54, 1.807) is 0 Å². The van der Waals surface area contributed by atoms with Gasteiger partial charge in [-0.25, -0.2) is 0 Å². The molecule has 2 rings (SSSR count). The molecule has 0 amide bonds. The SMILES string of the molecule is CCC(C)c1ccc(C(=O)CCN2CCCNCC2)cc1. The van der Waals surface area contributed by atoms with Crippen LogP contribution < -0.4 is 5.32 Å². The molecule has 0 spiro atoms. The Hall–Kier alpha value is -1.19. The fraction of sp³-hybridized carbons (Fsp3) is 0.611. The summed E-state index contributed by atoms with van der Waals surface area (Å²) in [7, 11) is 0. The molecule has 1 aliphatic rings. The lowest BCUT2D eigenvalue weighted by Gasteiger charge is -2.18. The third-order valence-corrected chi connectivity index (χ3v) is 4.50. The van der Waals surface area contributed by atoms with Crippen molar-refractivity contribution >= 4 is 5.78 Å². The highest BCUT2D eigenvalue weighted by atomic mass is 16.1. The summed E-state index contributed by atoms with van der Waals surface area (Å²) < 4.78 is 0. The van der Waals surface area contributed by atoms with Crippen LogP contribution >= 0.6 is 0 Å². The van der Waals surface area contributed by atoms with Crippen molar-refractivity contribution in [3.8, 4) is 0 Å². The summed E-state index contributed by atoms with van der Waals surface area (Å²) >= 11 is 0. The minimum Gasteiger partial charge on any atom is -0.315 e. The summed E-state index contributed by atoms with van der Waals surface area (Å²) in [5.74, 6) is 0.835. The molecular weight excluding hydrogens is 260 g/mol. The average Bonchev–Trinajstić information content (AvgIpc) is 2.80. The first-order valence-electron chi connectivity index (χ1n) is 8.27. The second-order valence-corrected chi connectivity index (χ2v) is 6.05. The van der Waals surface area contributed by atoms with Crippen molar-refractivity contribution in [3.63, 3.8) is 0 Å². The monoisotopic (exact) mass is 288 g/mol. The van der Waals surface area contributed by atoms with Gasteiger partial charge >= 0.3 is 0 Å². The quantitative estimate of drug-likeness (QED) is 0.817. The first-order valence-corrected chi connectivity index (χ1v) is 8.27. The standard InChI is InChI=1S/C18H28N2O/c1-3-15(2)16-5-7-17(8-6-16)18(21)9-13-20-12-4-10-19-11-14-20/h5-8,15,19H,3-4,9-14H2,1-2H3. The highest BCUT2D eigenvalue weighted by molar-refractivity contribution is 5.96. The van der Waals surface area contributed by atoms with Gasteiger partial charge in [-0.2, -0.15) is 0 Å². The Balaban J connectivity index is 1.85. The number of carbonyl (C=O) groups is 1. The smallest absolute Gasteiger partial charge is 0.164 e. The maximum atomic E-state index is 12.3. The Morgan fingerprint density at radius 3 is 2.71 bits per heavy atom. The zero-order valence-electron chi connectivity index (χ0n) is 13.4. The van der Waals surface area contributed by atoms with Gasteiger partial charge in [0.15, 0.2) is 5.78 Å². The third-order valence-electron chi connectivity index (χ3n) is 4.50. The lowest BCUT2D eigenvalue weighted by atomic mass is 9.96. The van der Waals surface area contributed by atoms with Gasteiger partial charge in [-0.1, -0.05) is 38.1 Å². The van der Waals surface area contributed by atoms with Gasteiger partial charge in [0.1, 0.15) is 0 Å². The maximum absolute atomic E-state index is 12.3. The van der Waals surface area contributed by atoms with Crippen LogP contribution in [0.1, 0.15) is 54.9 Å². The van der Waals surface area contributed by atoms with Gasteiger partial charge in [-0.3, -0.25) is 4.79 Å². The molecule has 1 heterocycles. The fourth-order valence-electron chi connectivity index (χ4n) is 2.76. The van der Waals surface area contributed by atoms with Gasteiger partial charge in [-0.05, 0) is 37.4 Å². The first-order chi connectivity index (χ1) is 10.2. The van der Waals surface area contributed by atoms with E-state index in [9.17, 15) is 4.79 Å². The number of Topliss-reactive ketones (excluding diaryl/α,β-unsaturated/α-hetero) is 1. The van der Waals surface area contributed by atoms with Gasteiger partial charge in [0.05, 0.1) is 0 Å². The Morgan fingerprint density at radius 1 is 1.24 bits per heavy atom. The molecule has 116 valence electrons. The number of nitrogens with zero attached hydrogens (tertiary/aromatic N) is 1. The van der Waals surface area contributed by atoms with Gasteiger partial charge in [0.25, 0.3) is 0 Å². The third kappa shape index (κ3) is 4.94. The predicted molar refractivity (Wildman–Crippen MR) is 88.0 cm³/mol. The van der Waals surface area contributed by atoms with Crippen LogP contribution in [0.15, 0.2) is 24.3 Å². The van der Waals surface area contributed by atoms with Crippen LogP contribution in [0.2, 0.25) is 0 Å². The van der Waals surface area contributed by atoms with E-state index < -0.39 is 0 Å². The van der Waals surface area contributed by atoms with Crippen LogP contribution in [0.5, 0.6) is 0 Å². The Labute approximate surface area is 128 Å². The summed E-state index contributed by atoms with van der Waals surface area (Å²) in [5, 5.41) is 3.39. The number of hydrogen-bond acceptors (Lipinski definition) is 3. The maximum Gasteiger partial charge on any atom is 0.164 e. The molecule has 21 heavy (non-hydrogen) atoms. The molecule has 1 saturated heterocycles. The molecular formula is C18H28N2O. The zero-order valence-corrected chi connectivity index (χ0v) is 13.4. The highest BCUT2D eigenvalue weighted by Crippen LogP contribution is 2.19. The van der Waals surface area contributed by atoms with Crippen molar-refractivity contribution in [1.29, 1.82) is 0 Å². The van der Waals surface area contributed by atoms with Crippen LogP contribution in [0.4, 0.5) is 0 Å². The minimum atomic E-state index is 0.267. The summed E-state index contributed by atoms with van der Waals surface area (Å²) in [6.07, 6.45) is 2.94. The largest absolute Gasteiger partial charge is 0.315 e. The lowest BCUT2D eigenvalue weighted by molar-refractivity contribution is 0.0965. The van der Waals surface area contributed by atoms with E-state index in [2.05, 4.69) is 36.2 Å². The molecule has 3 heteroatoms. The van der Waals surface area contributed by atoms with Gasteiger partial charge in [0.2, 0.25) is 0 Å². The number of ketones is 1. The molecule has 1 aromatic rings. The van der Waals surface area contributed by atoms with E-state index in [1.165, 1.54) is 12.0 Å². The molecule has 1 aromatic carbocycles. The van der Waals surface area contributed by atoms with Crippen LogP contribution in [-0.2, 0) is 0 Å². The first kappa shape index (κ1) is 16.2. The topological polar surface area (TPSA) is 32.3 Å². The average molecular weight is 288 g/mol. The molecule has 3 nitrogen and oxygen atoms in total. The zero-order chi connectivity index (χ0) is 15.1. The number of benzene rings is 1. The molecule has 0 radical (unpaired) electrons. The fourth-order valence-corrected chi connectivity index (χ4v) is 2.76. The van der Waals surface area contributed by atoms with Crippen LogP contribution in [0.3, 0.4) is 0 Å². The van der Waals surface area contributed by atoms with Crippen LogP contribution in [0.25, 0.3) is 0 Å². The van der Waals surface area contributed by atoms with E-state index in [0.29, 0.717) is 12.3 Å². The second kappa shape index (κ2) is 8.30. The number of hydrogen-bond donors (Lipinski definition) is 1. The van der Waals surface area contributed by atoms with Crippen molar-refractivity contribution in [2.45, 2.75) is 39.0 Å². The van der Waals surface area contributed by atoms with Crippen molar-refractivity contribution in [3.05, 3.63) is 35.4 Å². The molecule has 0 bridgehead atoms. The lowest BCUT2D eigenvalue weighted by Crippen LogP contribution is -2.30. The molecule has 1 atom stereocenters. The molecule has 1 aliphatic heterocycles. The van der Waals surface area contributed by atoms with E-state index >= 15 is 0 Å². The van der Waals surface area contributed by atoms with Crippen molar-refractivity contribution in [2.75, 3.05) is 32.7 Å². The van der Waals surface area contributed by atoms with Gasteiger partial charge in [-0.15, -0.1) is 0 Å². The molecule has 1 unspecified atom stereocenters. The van der Waals surface area contributed by atoms with Crippen molar-refractivity contribution in [2.24, 2.45) is 0 Å². The minimum absolute atomic E-state index is 0.267. The Bertz CT molecular complexity index is 433. The normalized spacial score (nSPS) is 18.2. The van der Waals surface area contributed by atoms with Crippen LogP contribution in [0, 0.1) is 0 Å². The van der Waals surface area contributed by atoms with Crippen LogP contribution in [-0.4, -0.2) is 43.4 Å². The number of carbonyl (C=O) groups excluding carboxylic acids is 1. The summed E-state index contributed by atoms with van der Waals surface area (Å²) in [5.41, 5.74) is 2.18. The van der Waals surface area contributed by atoms with Gasteiger partial charge < -0.3 is 10.2 Å². The van der Waals surface area contributed by atoms with Crippen molar-refractivity contribution < 1.29 is 4.79 Å². The summed E-state index contributed by atoms with van der Waals surface area (Å²) in [4.78, 5) is 14.7. The molecule has 1 N–H and O–H groups in total. The van der Waals surface area contributed by atoms with E-state index in [-0.39, 0.29) is 5.78 Å². The summed E-state index contributed by atoms with van der Waals surface area (Å²) in [6.45, 7) is 9.60. The Morgan fingerprint density at radius 2 is 2.00 bits per heavy atom. The van der Waals surface area contributed by atoms with E-state index in [1.807, 2.05) is 12.1 Å². The van der Waals surface area contributed by atoms with Gasteiger partial charge in [0, 0.05) is 31.6 Å². The van der Waals surface area contributed by atoms with E-state index in [4.69, 9.17) is 0 Å².